The van der Waals surface area contributed by atoms with Crippen LogP contribution in [0.1, 0.15) is 44.1 Å². The van der Waals surface area contributed by atoms with Crippen molar-refractivity contribution in [3.63, 3.8) is 0 Å². The van der Waals surface area contributed by atoms with E-state index in [1.165, 1.54) is 0 Å². The molecule has 3 N–H and O–H groups in total. The van der Waals surface area contributed by atoms with Crippen LogP contribution in [-0.2, 0) is 9.59 Å². The molecule has 0 aromatic heterocycles. The SMILES string of the molecule is CCCSC1NC(=O)C2C(NC3=C(C(=O)CCC3)C2c2ccc(Br)cc2)N1. The van der Waals surface area contributed by atoms with E-state index >= 15 is 0 Å². The molecule has 4 rings (SSSR count). The molecule has 0 bridgehead atoms. The summed E-state index contributed by atoms with van der Waals surface area (Å²) >= 11 is 5.19. The maximum atomic E-state index is 13.1. The molecule has 7 heteroatoms. The summed E-state index contributed by atoms with van der Waals surface area (Å²) in [6, 6.07) is 8.01. The van der Waals surface area contributed by atoms with Gasteiger partial charge in [-0.3, -0.25) is 14.9 Å². The van der Waals surface area contributed by atoms with Crippen LogP contribution in [0.15, 0.2) is 40.0 Å². The molecule has 1 amide bonds. The van der Waals surface area contributed by atoms with Crippen LogP contribution in [0.25, 0.3) is 0 Å². The molecule has 4 unspecified atom stereocenters. The first-order chi connectivity index (χ1) is 13.1. The topological polar surface area (TPSA) is 70.2 Å². The van der Waals surface area contributed by atoms with Crippen LogP contribution in [0.4, 0.5) is 0 Å². The molecule has 1 aromatic carbocycles. The lowest BCUT2D eigenvalue weighted by molar-refractivity contribution is -0.130. The third kappa shape index (κ3) is 3.69. The van der Waals surface area contributed by atoms with Gasteiger partial charge in [-0.25, -0.2) is 0 Å². The highest BCUT2D eigenvalue weighted by atomic mass is 79.9. The number of benzene rings is 1. The van der Waals surface area contributed by atoms with Gasteiger partial charge in [0, 0.05) is 28.1 Å². The Kier molecular flexibility index (Phi) is 5.62. The summed E-state index contributed by atoms with van der Waals surface area (Å²) in [7, 11) is 0. The summed E-state index contributed by atoms with van der Waals surface area (Å²) < 4.78 is 0.989. The highest BCUT2D eigenvalue weighted by Gasteiger charge is 2.48. The van der Waals surface area contributed by atoms with Gasteiger partial charge in [-0.05, 0) is 42.7 Å². The smallest absolute Gasteiger partial charge is 0.229 e. The molecule has 2 heterocycles. The van der Waals surface area contributed by atoms with Crippen molar-refractivity contribution < 1.29 is 9.59 Å². The first-order valence-electron chi connectivity index (χ1n) is 9.54. The molecule has 0 radical (unpaired) electrons. The predicted octanol–water partition coefficient (Wildman–Crippen LogP) is 3.23. The Balaban J connectivity index is 1.73. The van der Waals surface area contributed by atoms with Crippen molar-refractivity contribution in [2.45, 2.75) is 50.2 Å². The Morgan fingerprint density at radius 2 is 1.93 bits per heavy atom. The Labute approximate surface area is 172 Å². The summed E-state index contributed by atoms with van der Waals surface area (Å²) in [5, 5.41) is 10.1. The highest BCUT2D eigenvalue weighted by Crippen LogP contribution is 2.43. The lowest BCUT2D eigenvalue weighted by Gasteiger charge is -2.47. The van der Waals surface area contributed by atoms with Gasteiger partial charge >= 0.3 is 0 Å². The number of thioether (sulfide) groups is 1. The largest absolute Gasteiger partial charge is 0.372 e. The Hall–Kier alpha value is -1.31. The van der Waals surface area contributed by atoms with Gasteiger partial charge in [-0.1, -0.05) is 35.0 Å². The van der Waals surface area contributed by atoms with Gasteiger partial charge in [0.1, 0.15) is 5.50 Å². The van der Waals surface area contributed by atoms with Crippen LogP contribution < -0.4 is 16.0 Å². The van der Waals surface area contributed by atoms with E-state index in [1.54, 1.807) is 11.8 Å². The maximum Gasteiger partial charge on any atom is 0.229 e. The van der Waals surface area contributed by atoms with Crippen LogP contribution in [0.3, 0.4) is 0 Å². The highest BCUT2D eigenvalue weighted by molar-refractivity contribution is 9.10. The molecule has 0 spiro atoms. The zero-order valence-electron chi connectivity index (χ0n) is 15.3. The summed E-state index contributed by atoms with van der Waals surface area (Å²) in [5.74, 6) is 0.614. The first kappa shape index (κ1) is 19.0. The molecule has 1 saturated heterocycles. The number of carbonyl (C=O) groups excluding carboxylic acids is 2. The number of nitrogens with one attached hydrogen (secondary N) is 3. The van der Waals surface area contributed by atoms with Crippen molar-refractivity contribution in [2.75, 3.05) is 5.75 Å². The Bertz CT molecular complexity index is 780. The number of allylic oxidation sites excluding steroid dienone is 2. The average molecular weight is 450 g/mol. The fourth-order valence-electron chi connectivity index (χ4n) is 4.27. The number of carbonyl (C=O) groups is 2. The minimum atomic E-state index is -0.342. The van der Waals surface area contributed by atoms with E-state index in [-0.39, 0.29) is 35.2 Å². The van der Waals surface area contributed by atoms with Crippen molar-refractivity contribution >= 4 is 39.4 Å². The number of ketones is 1. The van der Waals surface area contributed by atoms with Gasteiger partial charge in [0.15, 0.2) is 5.78 Å². The molecule has 3 aliphatic rings. The molecule has 0 saturated carbocycles. The third-order valence-corrected chi connectivity index (χ3v) is 7.20. The van der Waals surface area contributed by atoms with Crippen molar-refractivity contribution in [3.8, 4) is 0 Å². The van der Waals surface area contributed by atoms with Crippen LogP contribution in [-0.4, -0.2) is 29.1 Å². The molecule has 144 valence electrons. The fourth-order valence-corrected chi connectivity index (χ4v) is 5.45. The van der Waals surface area contributed by atoms with Crippen LogP contribution in [0, 0.1) is 5.92 Å². The van der Waals surface area contributed by atoms with E-state index in [1.807, 2.05) is 24.3 Å². The minimum Gasteiger partial charge on any atom is -0.372 e. The second-order valence-electron chi connectivity index (χ2n) is 7.27. The fraction of sp³-hybridized carbons (Fsp3) is 0.500. The van der Waals surface area contributed by atoms with E-state index in [2.05, 4.69) is 38.8 Å². The van der Waals surface area contributed by atoms with Crippen LogP contribution in [0.2, 0.25) is 0 Å². The normalized spacial score (nSPS) is 30.3. The van der Waals surface area contributed by atoms with Gasteiger partial charge in [0.2, 0.25) is 5.91 Å². The number of fused-ring (bicyclic) bond motifs is 1. The average Bonchev–Trinajstić information content (AvgIpc) is 2.65. The monoisotopic (exact) mass is 449 g/mol. The predicted molar refractivity (Wildman–Crippen MR) is 111 cm³/mol. The second-order valence-corrected chi connectivity index (χ2v) is 9.40. The number of rotatable bonds is 4. The number of amides is 1. The third-order valence-electron chi connectivity index (χ3n) is 5.44. The number of halogens is 1. The van der Waals surface area contributed by atoms with E-state index in [9.17, 15) is 9.59 Å². The molecular weight excluding hydrogens is 426 g/mol. The quantitative estimate of drug-likeness (QED) is 0.657. The van der Waals surface area contributed by atoms with E-state index in [0.29, 0.717) is 6.42 Å². The van der Waals surface area contributed by atoms with Crippen molar-refractivity contribution in [1.82, 2.24) is 16.0 Å². The van der Waals surface area contributed by atoms with Crippen molar-refractivity contribution in [3.05, 3.63) is 45.6 Å². The number of Topliss-reactive ketones (excluding diaryl/α,β-unsaturated/α-hetero) is 1. The molecule has 27 heavy (non-hydrogen) atoms. The lowest BCUT2D eigenvalue weighted by Crippen LogP contribution is -2.67. The van der Waals surface area contributed by atoms with Gasteiger partial charge in [0.25, 0.3) is 0 Å². The summed E-state index contributed by atoms with van der Waals surface area (Å²) in [6.07, 6.45) is 3.20. The minimum absolute atomic E-state index is 0.0118. The van der Waals surface area contributed by atoms with Crippen molar-refractivity contribution in [1.29, 1.82) is 0 Å². The van der Waals surface area contributed by atoms with Gasteiger partial charge < -0.3 is 10.6 Å². The number of hydrogen-bond acceptors (Lipinski definition) is 5. The molecule has 1 aromatic rings. The van der Waals surface area contributed by atoms with E-state index in [4.69, 9.17) is 0 Å². The molecule has 1 aliphatic carbocycles. The first-order valence-corrected chi connectivity index (χ1v) is 11.4. The van der Waals surface area contributed by atoms with Gasteiger partial charge in [-0.2, -0.15) is 0 Å². The Morgan fingerprint density at radius 3 is 2.67 bits per heavy atom. The summed E-state index contributed by atoms with van der Waals surface area (Å²) in [6.45, 7) is 2.13. The Morgan fingerprint density at radius 1 is 1.15 bits per heavy atom. The molecular formula is C20H24BrN3O2S. The molecule has 2 aliphatic heterocycles. The van der Waals surface area contributed by atoms with Crippen LogP contribution >= 0.6 is 27.7 Å². The summed E-state index contributed by atoms with van der Waals surface area (Å²) in [4.78, 5) is 25.9. The van der Waals surface area contributed by atoms with E-state index < -0.39 is 0 Å². The van der Waals surface area contributed by atoms with Gasteiger partial charge in [0.05, 0.1) is 12.1 Å². The summed E-state index contributed by atoms with van der Waals surface area (Å²) in [5.41, 5.74) is 2.75. The molecule has 4 atom stereocenters. The molecule has 5 nitrogen and oxygen atoms in total. The van der Waals surface area contributed by atoms with Gasteiger partial charge in [-0.15, -0.1) is 11.8 Å². The zero-order chi connectivity index (χ0) is 19.0. The second kappa shape index (κ2) is 7.97. The number of hydrogen-bond donors (Lipinski definition) is 3. The van der Waals surface area contributed by atoms with Crippen molar-refractivity contribution in [2.24, 2.45) is 5.92 Å². The maximum absolute atomic E-state index is 13.1. The molecule has 1 fully saturated rings. The van der Waals surface area contributed by atoms with Crippen LogP contribution in [0.5, 0.6) is 0 Å². The zero-order valence-corrected chi connectivity index (χ0v) is 17.7. The standard InChI is InChI=1S/C20H24BrN3O2S/c1-2-10-27-20-23-18-17(19(26)24-20)15(11-6-8-12(21)9-7-11)16-13(22-18)4-3-5-14(16)25/h6-9,15,17-18,20,22-23H,2-5,10H2,1H3,(H,24,26). The lowest BCUT2D eigenvalue weighted by atomic mass is 9.70. The van der Waals surface area contributed by atoms with E-state index in [0.717, 1.165) is 46.3 Å².